The summed E-state index contributed by atoms with van der Waals surface area (Å²) in [4.78, 5) is 8.98. The van der Waals surface area contributed by atoms with Crippen molar-refractivity contribution in [3.63, 3.8) is 0 Å². The second-order valence-corrected chi connectivity index (χ2v) is 4.17. The number of nitrogens with one attached hydrogen (secondary N) is 1. The van der Waals surface area contributed by atoms with Crippen LogP contribution in [0.1, 0.15) is 0 Å². The zero-order valence-corrected chi connectivity index (χ0v) is 8.45. The van der Waals surface area contributed by atoms with Gasteiger partial charge >= 0.3 is 0 Å². The second kappa shape index (κ2) is 3.54. The van der Waals surface area contributed by atoms with Crippen molar-refractivity contribution in [2.24, 2.45) is 10.9 Å². The molecule has 74 valence electrons. The Morgan fingerprint density at radius 2 is 2.31 bits per heavy atom. The highest BCUT2D eigenvalue weighted by molar-refractivity contribution is 5.82. The molecule has 13 heavy (non-hydrogen) atoms. The molecule has 2 rings (SSSR count). The predicted molar refractivity (Wildman–Crippen MR) is 53.9 cm³/mol. The molecule has 0 aromatic rings. The highest BCUT2D eigenvalue weighted by atomic mass is 15.4. The molecule has 4 heteroatoms. The topological polar surface area (TPSA) is 30.9 Å². The van der Waals surface area contributed by atoms with E-state index < -0.39 is 0 Å². The molecule has 0 saturated carbocycles. The lowest BCUT2D eigenvalue weighted by Gasteiger charge is -2.41. The zero-order chi connectivity index (χ0) is 9.26. The standard InChI is InChI=1S/C9H18N4/c1-12(2)5-8-6-13(7-8)9-10-3-4-11-9/h8H,3-7H2,1-2H3,(H,10,11). The van der Waals surface area contributed by atoms with E-state index >= 15 is 0 Å². The molecule has 0 atom stereocenters. The van der Waals surface area contributed by atoms with Gasteiger partial charge in [-0.2, -0.15) is 0 Å². The van der Waals surface area contributed by atoms with Crippen LogP contribution in [0.5, 0.6) is 0 Å². The summed E-state index contributed by atoms with van der Waals surface area (Å²) in [5.41, 5.74) is 0. The van der Waals surface area contributed by atoms with Crippen LogP contribution < -0.4 is 5.32 Å². The van der Waals surface area contributed by atoms with Gasteiger partial charge < -0.3 is 15.1 Å². The van der Waals surface area contributed by atoms with Crippen LogP contribution in [0.4, 0.5) is 0 Å². The number of likely N-dealkylation sites (tertiary alicyclic amines) is 1. The third-order valence-electron chi connectivity index (χ3n) is 2.54. The summed E-state index contributed by atoms with van der Waals surface area (Å²) >= 11 is 0. The van der Waals surface area contributed by atoms with Crippen molar-refractivity contribution >= 4 is 5.96 Å². The van der Waals surface area contributed by atoms with Gasteiger partial charge in [-0.25, -0.2) is 0 Å². The molecule has 2 aliphatic rings. The van der Waals surface area contributed by atoms with Gasteiger partial charge in [-0.15, -0.1) is 0 Å². The van der Waals surface area contributed by atoms with Gasteiger partial charge in [0, 0.05) is 32.1 Å². The van der Waals surface area contributed by atoms with Gasteiger partial charge in [0.05, 0.1) is 6.54 Å². The van der Waals surface area contributed by atoms with Crippen molar-refractivity contribution < 1.29 is 0 Å². The van der Waals surface area contributed by atoms with Gasteiger partial charge in [-0.05, 0) is 14.1 Å². The Kier molecular flexibility index (Phi) is 2.40. The minimum absolute atomic E-state index is 0.833. The van der Waals surface area contributed by atoms with E-state index in [9.17, 15) is 0 Å². The Labute approximate surface area is 79.6 Å². The largest absolute Gasteiger partial charge is 0.354 e. The summed E-state index contributed by atoms with van der Waals surface area (Å²) in [6, 6.07) is 0. The molecule has 0 unspecified atom stereocenters. The van der Waals surface area contributed by atoms with Crippen LogP contribution in [0.15, 0.2) is 4.99 Å². The van der Waals surface area contributed by atoms with Crippen molar-refractivity contribution in [2.75, 3.05) is 46.8 Å². The summed E-state index contributed by atoms with van der Waals surface area (Å²) in [6.07, 6.45) is 0. The average molecular weight is 182 g/mol. The number of hydrogen-bond acceptors (Lipinski definition) is 4. The van der Waals surface area contributed by atoms with Crippen LogP contribution in [-0.4, -0.2) is 62.6 Å². The van der Waals surface area contributed by atoms with Gasteiger partial charge in [0.2, 0.25) is 0 Å². The Balaban J connectivity index is 1.72. The summed E-state index contributed by atoms with van der Waals surface area (Å²) in [5.74, 6) is 1.95. The maximum atomic E-state index is 4.39. The van der Waals surface area contributed by atoms with Crippen LogP contribution >= 0.6 is 0 Å². The third-order valence-corrected chi connectivity index (χ3v) is 2.54. The molecule has 0 bridgehead atoms. The quantitative estimate of drug-likeness (QED) is 0.621. The summed E-state index contributed by atoms with van der Waals surface area (Å²) in [5, 5.41) is 3.29. The minimum atomic E-state index is 0.833. The molecule has 0 aromatic carbocycles. The van der Waals surface area contributed by atoms with Crippen LogP contribution in [0, 0.1) is 5.92 Å². The van der Waals surface area contributed by atoms with Crippen molar-refractivity contribution in [1.29, 1.82) is 0 Å². The molecule has 2 aliphatic heterocycles. The summed E-state index contributed by atoms with van der Waals surface area (Å²) < 4.78 is 0. The van der Waals surface area contributed by atoms with E-state index in [-0.39, 0.29) is 0 Å². The van der Waals surface area contributed by atoms with Crippen molar-refractivity contribution in [1.82, 2.24) is 15.1 Å². The Morgan fingerprint density at radius 1 is 1.54 bits per heavy atom. The molecule has 0 aromatic heterocycles. The number of nitrogens with zero attached hydrogens (tertiary/aromatic N) is 3. The zero-order valence-electron chi connectivity index (χ0n) is 8.45. The monoisotopic (exact) mass is 182 g/mol. The van der Waals surface area contributed by atoms with Crippen LogP contribution in [0.25, 0.3) is 0 Å². The molecular formula is C9H18N4. The smallest absolute Gasteiger partial charge is 0.194 e. The molecule has 0 aliphatic carbocycles. The maximum absolute atomic E-state index is 4.39. The van der Waals surface area contributed by atoms with Gasteiger partial charge in [0.1, 0.15) is 0 Å². The van der Waals surface area contributed by atoms with E-state index in [1.54, 1.807) is 0 Å². The van der Waals surface area contributed by atoms with Crippen LogP contribution in [0.2, 0.25) is 0 Å². The molecule has 0 amide bonds. The minimum Gasteiger partial charge on any atom is -0.354 e. The molecule has 4 nitrogen and oxygen atoms in total. The Hall–Kier alpha value is -0.770. The summed E-state index contributed by atoms with van der Waals surface area (Å²) in [7, 11) is 4.27. The fourth-order valence-corrected chi connectivity index (χ4v) is 1.97. The van der Waals surface area contributed by atoms with E-state index in [2.05, 4.69) is 34.2 Å². The lowest BCUT2D eigenvalue weighted by molar-refractivity contribution is 0.147. The van der Waals surface area contributed by atoms with Crippen LogP contribution in [0.3, 0.4) is 0 Å². The van der Waals surface area contributed by atoms with Crippen molar-refractivity contribution in [3.8, 4) is 0 Å². The lowest BCUT2D eigenvalue weighted by atomic mass is 10.0. The number of guanidine groups is 1. The van der Waals surface area contributed by atoms with Crippen LogP contribution in [-0.2, 0) is 0 Å². The average Bonchev–Trinajstić information content (AvgIpc) is 2.46. The SMILES string of the molecule is CN(C)CC1CN(C2=NCCN2)C1. The molecule has 1 fully saturated rings. The number of rotatable bonds is 2. The summed E-state index contributed by atoms with van der Waals surface area (Å²) in [6.45, 7) is 5.51. The molecule has 1 saturated heterocycles. The van der Waals surface area contributed by atoms with Gasteiger partial charge in [0.15, 0.2) is 5.96 Å². The fourth-order valence-electron chi connectivity index (χ4n) is 1.97. The first-order valence-corrected chi connectivity index (χ1v) is 4.93. The molecule has 0 radical (unpaired) electrons. The van der Waals surface area contributed by atoms with Crippen molar-refractivity contribution in [3.05, 3.63) is 0 Å². The first-order chi connectivity index (χ1) is 6.25. The highest BCUT2D eigenvalue weighted by Gasteiger charge is 2.30. The van der Waals surface area contributed by atoms with E-state index in [0.717, 1.165) is 25.0 Å². The second-order valence-electron chi connectivity index (χ2n) is 4.17. The van der Waals surface area contributed by atoms with E-state index in [1.165, 1.54) is 19.6 Å². The first-order valence-electron chi connectivity index (χ1n) is 4.93. The van der Waals surface area contributed by atoms with Gasteiger partial charge in [-0.3, -0.25) is 4.99 Å². The van der Waals surface area contributed by atoms with E-state index in [4.69, 9.17) is 0 Å². The third kappa shape index (κ3) is 1.94. The maximum Gasteiger partial charge on any atom is 0.194 e. The number of aliphatic imine (C=N–C) groups is 1. The molecule has 1 N–H and O–H groups in total. The lowest BCUT2D eigenvalue weighted by Crippen LogP contribution is -2.55. The van der Waals surface area contributed by atoms with E-state index in [0.29, 0.717) is 0 Å². The Bertz CT molecular complexity index is 206. The van der Waals surface area contributed by atoms with Gasteiger partial charge in [-0.1, -0.05) is 0 Å². The molecule has 2 heterocycles. The predicted octanol–water partition coefficient (Wildman–Crippen LogP) is -0.561. The molecular weight excluding hydrogens is 164 g/mol. The Morgan fingerprint density at radius 3 is 2.85 bits per heavy atom. The van der Waals surface area contributed by atoms with E-state index in [1.807, 2.05) is 0 Å². The number of hydrogen-bond donors (Lipinski definition) is 1. The van der Waals surface area contributed by atoms with Gasteiger partial charge in [0.25, 0.3) is 0 Å². The van der Waals surface area contributed by atoms with Crippen molar-refractivity contribution in [2.45, 2.75) is 0 Å². The fraction of sp³-hybridized carbons (Fsp3) is 0.889. The first kappa shape index (κ1) is 8.81. The highest BCUT2D eigenvalue weighted by Crippen LogP contribution is 2.16. The molecule has 0 spiro atoms. The normalized spacial score (nSPS) is 23.0.